The first-order valence-electron chi connectivity index (χ1n) is 5.55. The van der Waals surface area contributed by atoms with Gasteiger partial charge in [-0.3, -0.25) is 9.69 Å². The van der Waals surface area contributed by atoms with E-state index in [0.29, 0.717) is 16.9 Å². The second-order valence-electron chi connectivity index (χ2n) is 4.07. The Kier molecular flexibility index (Phi) is 2.50. The Bertz CT molecular complexity index is 682. The molecule has 0 atom stereocenters. The molecule has 1 aromatic carbocycles. The molecular formula is C14H9NO3S. The number of carboxylic acids is 1. The van der Waals surface area contributed by atoms with Crippen molar-refractivity contribution < 1.29 is 14.7 Å². The second kappa shape index (κ2) is 4.07. The van der Waals surface area contributed by atoms with E-state index in [1.54, 1.807) is 23.6 Å². The second-order valence-corrected chi connectivity index (χ2v) is 4.99. The number of carboxylic acid groups (broad SMARTS) is 1. The average molecular weight is 271 g/mol. The van der Waals surface area contributed by atoms with E-state index in [-0.39, 0.29) is 10.8 Å². The monoisotopic (exact) mass is 271 g/mol. The Morgan fingerprint density at radius 1 is 1.21 bits per heavy atom. The summed E-state index contributed by atoms with van der Waals surface area (Å²) in [7, 11) is 0. The van der Waals surface area contributed by atoms with Crippen LogP contribution in [0.1, 0.15) is 25.6 Å². The molecule has 2 aromatic rings. The Labute approximate surface area is 113 Å². The lowest BCUT2D eigenvalue weighted by Crippen LogP contribution is -2.23. The Morgan fingerprint density at radius 2 is 1.89 bits per heavy atom. The van der Waals surface area contributed by atoms with Crippen LogP contribution in [0.4, 0.5) is 5.69 Å². The minimum atomic E-state index is -1.04. The molecule has 2 heterocycles. The number of anilines is 1. The van der Waals surface area contributed by atoms with Gasteiger partial charge in [-0.25, -0.2) is 4.79 Å². The van der Waals surface area contributed by atoms with Crippen molar-refractivity contribution in [1.29, 1.82) is 0 Å². The molecule has 1 N–H and O–H groups in total. The van der Waals surface area contributed by atoms with Crippen molar-refractivity contribution in [3.63, 3.8) is 0 Å². The molecule has 1 amide bonds. The van der Waals surface area contributed by atoms with E-state index in [0.717, 1.165) is 16.9 Å². The smallest absolute Gasteiger partial charge is 0.348 e. The fraction of sp³-hybridized carbons (Fsp3) is 0. The molecule has 19 heavy (non-hydrogen) atoms. The van der Waals surface area contributed by atoms with Gasteiger partial charge in [-0.1, -0.05) is 24.8 Å². The van der Waals surface area contributed by atoms with Crippen LogP contribution >= 0.6 is 11.3 Å². The van der Waals surface area contributed by atoms with Crippen LogP contribution in [0, 0.1) is 0 Å². The lowest BCUT2D eigenvalue weighted by atomic mass is 10.1. The van der Waals surface area contributed by atoms with E-state index in [4.69, 9.17) is 5.11 Å². The third-order valence-electron chi connectivity index (χ3n) is 3.02. The largest absolute Gasteiger partial charge is 0.477 e. The normalized spacial score (nSPS) is 13.8. The number of aromatic carboxylic acids is 1. The van der Waals surface area contributed by atoms with Crippen LogP contribution in [-0.2, 0) is 0 Å². The third kappa shape index (κ3) is 1.59. The number of hydrogen-bond acceptors (Lipinski definition) is 3. The molecule has 1 aliphatic rings. The molecule has 0 saturated heterocycles. The van der Waals surface area contributed by atoms with Gasteiger partial charge in [0.15, 0.2) is 0 Å². The first-order chi connectivity index (χ1) is 9.11. The lowest BCUT2D eigenvalue weighted by Gasteiger charge is -2.16. The maximum atomic E-state index is 12.4. The zero-order chi connectivity index (χ0) is 13.6. The highest BCUT2D eigenvalue weighted by Gasteiger charge is 2.34. The van der Waals surface area contributed by atoms with Gasteiger partial charge in [-0.2, -0.15) is 0 Å². The number of thiophene rings is 1. The van der Waals surface area contributed by atoms with Gasteiger partial charge in [-0.05, 0) is 17.5 Å². The summed E-state index contributed by atoms with van der Waals surface area (Å²) in [5.74, 6) is -1.27. The van der Waals surface area contributed by atoms with Crippen LogP contribution < -0.4 is 4.90 Å². The first kappa shape index (κ1) is 11.7. The summed E-state index contributed by atoms with van der Waals surface area (Å²) < 4.78 is 0. The van der Waals surface area contributed by atoms with Crippen molar-refractivity contribution in [3.05, 3.63) is 58.3 Å². The van der Waals surface area contributed by atoms with Crippen molar-refractivity contribution in [1.82, 2.24) is 0 Å². The summed E-state index contributed by atoms with van der Waals surface area (Å²) in [5, 5.41) is 10.8. The Morgan fingerprint density at radius 3 is 2.53 bits per heavy atom. The maximum Gasteiger partial charge on any atom is 0.348 e. The van der Waals surface area contributed by atoms with Gasteiger partial charge in [-0.15, -0.1) is 11.3 Å². The number of rotatable bonds is 2. The number of carbonyl (C=O) groups excluding carboxylic acids is 1. The van der Waals surface area contributed by atoms with Crippen LogP contribution in [0.25, 0.3) is 5.70 Å². The molecule has 0 unspecified atom stereocenters. The number of fused-ring (bicyclic) bond motifs is 1. The van der Waals surface area contributed by atoms with Gasteiger partial charge in [0, 0.05) is 11.1 Å². The zero-order valence-corrected chi connectivity index (χ0v) is 10.6. The van der Waals surface area contributed by atoms with Crippen LogP contribution in [-0.4, -0.2) is 17.0 Å². The zero-order valence-electron chi connectivity index (χ0n) is 9.79. The molecule has 1 aromatic heterocycles. The minimum Gasteiger partial charge on any atom is -0.477 e. The maximum absolute atomic E-state index is 12.4. The first-order valence-corrected chi connectivity index (χ1v) is 6.43. The van der Waals surface area contributed by atoms with Crippen LogP contribution in [0.3, 0.4) is 0 Å². The molecule has 5 heteroatoms. The number of benzene rings is 1. The predicted octanol–water partition coefficient (Wildman–Crippen LogP) is 3.08. The summed E-state index contributed by atoms with van der Waals surface area (Å²) in [5.41, 5.74) is 2.19. The molecule has 94 valence electrons. The fourth-order valence-corrected chi connectivity index (χ4v) is 2.89. The highest BCUT2D eigenvalue weighted by molar-refractivity contribution is 7.12. The number of carbonyl (C=O) groups is 2. The van der Waals surface area contributed by atoms with Crippen LogP contribution in [0.5, 0.6) is 0 Å². The molecule has 0 bridgehead atoms. The van der Waals surface area contributed by atoms with Gasteiger partial charge in [0.25, 0.3) is 5.91 Å². The summed E-state index contributed by atoms with van der Waals surface area (Å²) in [6, 6.07) is 8.76. The molecular weight excluding hydrogens is 262 g/mol. The van der Waals surface area contributed by atoms with E-state index < -0.39 is 5.97 Å². The molecule has 3 rings (SSSR count). The topological polar surface area (TPSA) is 57.6 Å². The summed E-state index contributed by atoms with van der Waals surface area (Å²) in [4.78, 5) is 25.0. The fourth-order valence-electron chi connectivity index (χ4n) is 2.18. The van der Waals surface area contributed by atoms with Gasteiger partial charge < -0.3 is 5.11 Å². The van der Waals surface area contributed by atoms with Crippen LogP contribution in [0.15, 0.2) is 42.3 Å². The van der Waals surface area contributed by atoms with Crippen molar-refractivity contribution in [3.8, 4) is 0 Å². The van der Waals surface area contributed by atoms with Gasteiger partial charge in [0.2, 0.25) is 0 Å². The Hall–Kier alpha value is -2.40. The summed E-state index contributed by atoms with van der Waals surface area (Å²) >= 11 is 1.09. The third-order valence-corrected chi connectivity index (χ3v) is 3.91. The summed E-state index contributed by atoms with van der Waals surface area (Å²) in [6.45, 7) is 3.90. The molecule has 0 aliphatic carbocycles. The number of hydrogen-bond donors (Lipinski definition) is 1. The number of amides is 1. The minimum absolute atomic E-state index is 0.141. The summed E-state index contributed by atoms with van der Waals surface area (Å²) in [6.07, 6.45) is 0. The highest BCUT2D eigenvalue weighted by atomic mass is 32.1. The van der Waals surface area contributed by atoms with Gasteiger partial charge in [0.05, 0.1) is 11.4 Å². The van der Waals surface area contributed by atoms with Gasteiger partial charge in [0.1, 0.15) is 4.88 Å². The molecule has 4 nitrogen and oxygen atoms in total. The van der Waals surface area contributed by atoms with E-state index >= 15 is 0 Å². The van der Waals surface area contributed by atoms with E-state index in [1.165, 1.54) is 4.90 Å². The standard InChI is InChI=1S/C14H9NO3S/c1-8-9-4-2-3-5-10(9)13(16)15(8)11-6-7-19-12(11)14(17)18/h2-7H,1H2,(H,17,18). The average Bonchev–Trinajstić information content (AvgIpc) is 2.95. The predicted molar refractivity (Wildman–Crippen MR) is 73.6 cm³/mol. The Balaban J connectivity index is 2.14. The lowest BCUT2D eigenvalue weighted by molar-refractivity contribution is 0.0703. The van der Waals surface area contributed by atoms with Gasteiger partial charge >= 0.3 is 5.97 Å². The van der Waals surface area contributed by atoms with Crippen LogP contribution in [0.2, 0.25) is 0 Å². The number of nitrogens with zero attached hydrogens (tertiary/aromatic N) is 1. The molecule has 0 fully saturated rings. The van der Waals surface area contributed by atoms with E-state index in [9.17, 15) is 9.59 Å². The van der Waals surface area contributed by atoms with Crippen molar-refractivity contribution in [2.45, 2.75) is 0 Å². The molecule has 0 spiro atoms. The molecule has 0 radical (unpaired) electrons. The molecule has 1 aliphatic heterocycles. The highest BCUT2D eigenvalue weighted by Crippen LogP contribution is 2.38. The van der Waals surface area contributed by atoms with Crippen molar-refractivity contribution in [2.75, 3.05) is 4.90 Å². The van der Waals surface area contributed by atoms with Crippen molar-refractivity contribution >= 4 is 34.6 Å². The van der Waals surface area contributed by atoms with E-state index in [1.807, 2.05) is 12.1 Å². The SMILES string of the molecule is C=C1c2ccccc2C(=O)N1c1ccsc1C(=O)O. The molecule has 0 saturated carbocycles. The van der Waals surface area contributed by atoms with Crippen molar-refractivity contribution in [2.24, 2.45) is 0 Å². The van der Waals surface area contributed by atoms with E-state index in [2.05, 4.69) is 6.58 Å². The quantitative estimate of drug-likeness (QED) is 0.913.